The Morgan fingerprint density at radius 1 is 1.26 bits per heavy atom. The molecule has 1 aromatic heterocycles. The molecule has 11 nitrogen and oxygen atoms in total. The molecule has 0 spiro atoms. The average Bonchev–Trinajstić information content (AvgIpc) is 3.37. The predicted octanol–water partition coefficient (Wildman–Crippen LogP) is 0.525. The maximum Gasteiger partial charge on any atom is 0.405 e. The number of pyridine rings is 1. The van der Waals surface area contributed by atoms with Crippen molar-refractivity contribution >= 4 is 39.4 Å². The molecule has 0 aromatic carbocycles. The van der Waals surface area contributed by atoms with Crippen molar-refractivity contribution in [1.82, 2.24) is 15.6 Å². The minimum atomic E-state index is -3.61. The molecule has 0 radical (unpaired) electrons. The van der Waals surface area contributed by atoms with Gasteiger partial charge in [0, 0.05) is 26.2 Å². The molecule has 3 N–H and O–H groups in total. The predicted molar refractivity (Wildman–Crippen MR) is 116 cm³/mol. The minimum absolute atomic E-state index is 0.0769. The number of amides is 2. The number of aromatic nitrogens is 1. The van der Waals surface area contributed by atoms with Crippen LogP contribution in [0.5, 0.6) is 0 Å². The highest BCUT2D eigenvalue weighted by Gasteiger charge is 2.33. The third kappa shape index (κ3) is 6.81. The Kier molecular flexibility index (Phi) is 7.47. The molecular formula is C19H29N5O6S. The summed E-state index contributed by atoms with van der Waals surface area (Å²) < 4.78 is 24.9. The van der Waals surface area contributed by atoms with E-state index < -0.39 is 33.8 Å². The van der Waals surface area contributed by atoms with Crippen LogP contribution in [0.2, 0.25) is 0 Å². The van der Waals surface area contributed by atoms with Crippen molar-refractivity contribution in [3.8, 4) is 0 Å². The number of ketones is 1. The summed E-state index contributed by atoms with van der Waals surface area (Å²) in [6.07, 6.45) is 0.796. The summed E-state index contributed by atoms with van der Waals surface area (Å²) in [5.41, 5.74) is 0.137. The monoisotopic (exact) mass is 455 g/mol. The van der Waals surface area contributed by atoms with Gasteiger partial charge < -0.3 is 20.6 Å². The molecule has 0 saturated heterocycles. The quantitative estimate of drug-likeness (QED) is 0.462. The van der Waals surface area contributed by atoms with Crippen molar-refractivity contribution in [2.45, 2.75) is 26.3 Å². The van der Waals surface area contributed by atoms with E-state index in [1.807, 2.05) is 17.3 Å². The first-order chi connectivity index (χ1) is 14.3. The average molecular weight is 456 g/mol. The standard InChI is InChI=1S/C19H29N5O6S/c1-11-6-14(11)10-23(3)16-7-13(8-17(22-16)24(4)31(5,29)30)18(26)20-9-15(25)12(2)21-19(27)28/h7-8,11-12,14,21H,6,9-10H2,1-5H3,(H,20,26)(H,27,28). The topological polar surface area (TPSA) is 149 Å². The number of carbonyl (C=O) groups is 3. The lowest BCUT2D eigenvalue weighted by atomic mass is 10.2. The van der Waals surface area contributed by atoms with E-state index in [0.717, 1.165) is 23.5 Å². The Morgan fingerprint density at radius 2 is 1.84 bits per heavy atom. The van der Waals surface area contributed by atoms with Crippen LogP contribution in [0.15, 0.2) is 12.1 Å². The van der Waals surface area contributed by atoms with E-state index in [0.29, 0.717) is 17.7 Å². The maximum atomic E-state index is 12.7. The zero-order chi connectivity index (χ0) is 23.5. The Hall–Kier alpha value is -2.89. The summed E-state index contributed by atoms with van der Waals surface area (Å²) in [6.45, 7) is 3.86. The van der Waals surface area contributed by atoms with Crippen LogP contribution in [0.25, 0.3) is 0 Å². The first kappa shape index (κ1) is 24.4. The molecule has 31 heavy (non-hydrogen) atoms. The van der Waals surface area contributed by atoms with Crippen LogP contribution in [0.1, 0.15) is 30.6 Å². The van der Waals surface area contributed by atoms with Crippen LogP contribution < -0.4 is 19.8 Å². The molecule has 1 fully saturated rings. The number of nitrogens with one attached hydrogen (secondary N) is 2. The number of carboxylic acid groups (broad SMARTS) is 1. The summed E-state index contributed by atoms with van der Waals surface area (Å²) in [5, 5.41) is 13.2. The summed E-state index contributed by atoms with van der Waals surface area (Å²) in [5.74, 6) is 0.521. The third-order valence-electron chi connectivity index (χ3n) is 5.30. The molecular weight excluding hydrogens is 426 g/mol. The van der Waals surface area contributed by atoms with Crippen LogP contribution in [-0.2, 0) is 14.8 Å². The van der Waals surface area contributed by atoms with Gasteiger partial charge >= 0.3 is 6.09 Å². The van der Waals surface area contributed by atoms with Gasteiger partial charge in [-0.15, -0.1) is 0 Å². The molecule has 2 amide bonds. The van der Waals surface area contributed by atoms with Crippen LogP contribution >= 0.6 is 0 Å². The highest BCUT2D eigenvalue weighted by molar-refractivity contribution is 7.92. The third-order valence-corrected chi connectivity index (χ3v) is 6.48. The Morgan fingerprint density at radius 3 is 2.35 bits per heavy atom. The van der Waals surface area contributed by atoms with Crippen LogP contribution in [0.4, 0.5) is 16.4 Å². The number of hydrogen-bond acceptors (Lipinski definition) is 7. The van der Waals surface area contributed by atoms with Gasteiger partial charge in [0.1, 0.15) is 11.6 Å². The molecule has 0 bridgehead atoms. The van der Waals surface area contributed by atoms with Crippen LogP contribution in [0.3, 0.4) is 0 Å². The summed E-state index contributed by atoms with van der Waals surface area (Å²) >= 11 is 0. The minimum Gasteiger partial charge on any atom is -0.465 e. The van der Waals surface area contributed by atoms with Crippen LogP contribution in [-0.4, -0.2) is 75.8 Å². The first-order valence-corrected chi connectivity index (χ1v) is 11.6. The van der Waals surface area contributed by atoms with Gasteiger partial charge in [-0.2, -0.15) is 0 Å². The largest absolute Gasteiger partial charge is 0.465 e. The SMILES string of the molecule is CC(NC(=O)O)C(=O)CNC(=O)c1cc(N(C)CC2CC2C)nc(N(C)S(C)(=O)=O)c1. The normalized spacial score (nSPS) is 18.6. The van der Waals surface area contributed by atoms with E-state index in [4.69, 9.17) is 5.11 Å². The summed E-state index contributed by atoms with van der Waals surface area (Å²) in [6, 6.07) is 1.88. The van der Waals surface area contributed by atoms with E-state index in [1.54, 1.807) is 0 Å². The Bertz CT molecular complexity index is 967. The molecule has 3 atom stereocenters. The second-order valence-electron chi connectivity index (χ2n) is 7.98. The lowest BCUT2D eigenvalue weighted by Crippen LogP contribution is -2.43. The van der Waals surface area contributed by atoms with Crippen molar-refractivity contribution in [1.29, 1.82) is 0 Å². The van der Waals surface area contributed by atoms with Gasteiger partial charge in [-0.05, 0) is 37.3 Å². The molecule has 0 aliphatic heterocycles. The molecule has 1 aliphatic carbocycles. The van der Waals surface area contributed by atoms with Gasteiger partial charge in [-0.25, -0.2) is 18.2 Å². The van der Waals surface area contributed by atoms with Crippen molar-refractivity contribution in [2.75, 3.05) is 42.6 Å². The van der Waals surface area contributed by atoms with Crippen molar-refractivity contribution in [2.24, 2.45) is 11.8 Å². The van der Waals surface area contributed by atoms with Crippen molar-refractivity contribution < 1.29 is 27.9 Å². The fourth-order valence-corrected chi connectivity index (χ4v) is 3.38. The number of carbonyl (C=O) groups excluding carboxylic acids is 2. The number of anilines is 2. The molecule has 1 saturated carbocycles. The van der Waals surface area contributed by atoms with E-state index in [1.165, 1.54) is 26.1 Å². The molecule has 1 aliphatic rings. The number of nitrogens with zero attached hydrogens (tertiary/aromatic N) is 3. The van der Waals surface area contributed by atoms with Crippen LogP contribution in [0, 0.1) is 11.8 Å². The molecule has 3 unspecified atom stereocenters. The highest BCUT2D eigenvalue weighted by Crippen LogP contribution is 2.38. The summed E-state index contributed by atoms with van der Waals surface area (Å²) in [7, 11) is -0.443. The van der Waals surface area contributed by atoms with E-state index >= 15 is 0 Å². The van der Waals surface area contributed by atoms with Gasteiger partial charge in [-0.1, -0.05) is 6.92 Å². The van der Waals surface area contributed by atoms with E-state index in [9.17, 15) is 22.8 Å². The number of Topliss-reactive ketones (excluding diaryl/α,β-unsaturated/α-hetero) is 1. The number of hydrogen-bond donors (Lipinski definition) is 3. The molecule has 1 heterocycles. The Balaban J connectivity index is 2.23. The first-order valence-electron chi connectivity index (χ1n) is 9.77. The zero-order valence-electron chi connectivity index (χ0n) is 18.2. The smallest absolute Gasteiger partial charge is 0.405 e. The van der Waals surface area contributed by atoms with Gasteiger partial charge in [0.25, 0.3) is 5.91 Å². The second-order valence-corrected chi connectivity index (χ2v) is 9.99. The van der Waals surface area contributed by atoms with Crippen molar-refractivity contribution in [3.63, 3.8) is 0 Å². The highest BCUT2D eigenvalue weighted by atomic mass is 32.2. The lowest BCUT2D eigenvalue weighted by molar-refractivity contribution is -0.119. The molecule has 2 rings (SSSR count). The second kappa shape index (κ2) is 9.50. The van der Waals surface area contributed by atoms with E-state index in [2.05, 4.69) is 17.2 Å². The zero-order valence-corrected chi connectivity index (χ0v) is 19.1. The summed E-state index contributed by atoms with van der Waals surface area (Å²) in [4.78, 5) is 41.6. The number of rotatable bonds is 10. The maximum absolute atomic E-state index is 12.7. The van der Waals surface area contributed by atoms with Gasteiger partial charge in [0.2, 0.25) is 10.0 Å². The molecule has 172 valence electrons. The number of sulfonamides is 1. The fraction of sp³-hybridized carbons (Fsp3) is 0.579. The Labute approximate surface area is 181 Å². The van der Waals surface area contributed by atoms with Gasteiger partial charge in [-0.3, -0.25) is 13.9 Å². The fourth-order valence-electron chi connectivity index (χ4n) is 2.95. The molecule has 12 heteroatoms. The van der Waals surface area contributed by atoms with Gasteiger partial charge in [0.15, 0.2) is 5.78 Å². The van der Waals surface area contributed by atoms with E-state index in [-0.39, 0.29) is 17.9 Å². The molecule has 1 aromatic rings. The lowest BCUT2D eigenvalue weighted by Gasteiger charge is -2.22. The van der Waals surface area contributed by atoms with Gasteiger partial charge in [0.05, 0.1) is 18.8 Å². The van der Waals surface area contributed by atoms with Crippen molar-refractivity contribution in [3.05, 3.63) is 17.7 Å².